The van der Waals surface area contributed by atoms with Crippen LogP contribution in [0.5, 0.6) is 0 Å². The third-order valence-corrected chi connectivity index (χ3v) is 4.70. The van der Waals surface area contributed by atoms with Crippen LogP contribution in [-0.4, -0.2) is 45.4 Å². The Morgan fingerprint density at radius 1 is 1.07 bits per heavy atom. The largest absolute Gasteiger partial charge is 0.353 e. The molecular weight excluding hydrogens is 347 g/mol. The van der Waals surface area contributed by atoms with Gasteiger partial charge in [0.15, 0.2) is 5.65 Å². The molecule has 3 heterocycles. The van der Waals surface area contributed by atoms with Crippen LogP contribution >= 0.6 is 0 Å². The number of anilines is 1. The molecule has 8 heteroatoms. The van der Waals surface area contributed by atoms with E-state index in [4.69, 9.17) is 4.98 Å². The molecule has 1 N–H and O–H groups in total. The molecule has 1 amide bonds. The lowest BCUT2D eigenvalue weighted by atomic mass is 10.1. The highest BCUT2D eigenvalue weighted by molar-refractivity contribution is 5.95. The standard InChI is InChI=1S/C19H15FN6O/c20-14-7-3-1-5-12(14)17-19-22-18(25-10-9-21-16(27)11-25)13-6-2-4-8-15(13)26(19)24-23-17/h1-8H,9-11H2,(H,21,27). The van der Waals surface area contributed by atoms with E-state index in [-0.39, 0.29) is 18.3 Å². The summed E-state index contributed by atoms with van der Waals surface area (Å²) in [6, 6.07) is 14.1. The molecule has 1 aliphatic rings. The van der Waals surface area contributed by atoms with Gasteiger partial charge in [-0.3, -0.25) is 4.79 Å². The number of para-hydroxylation sites is 1. The van der Waals surface area contributed by atoms with Gasteiger partial charge < -0.3 is 10.2 Å². The molecule has 0 saturated carbocycles. The van der Waals surface area contributed by atoms with Crippen molar-refractivity contribution in [3.8, 4) is 11.3 Å². The summed E-state index contributed by atoms with van der Waals surface area (Å²) < 4.78 is 15.9. The van der Waals surface area contributed by atoms with Gasteiger partial charge in [-0.05, 0) is 24.3 Å². The molecule has 1 fully saturated rings. The monoisotopic (exact) mass is 362 g/mol. The first-order valence-corrected chi connectivity index (χ1v) is 8.63. The van der Waals surface area contributed by atoms with Gasteiger partial charge in [-0.15, -0.1) is 5.10 Å². The summed E-state index contributed by atoms with van der Waals surface area (Å²) >= 11 is 0. The van der Waals surface area contributed by atoms with E-state index in [9.17, 15) is 9.18 Å². The molecule has 4 aromatic rings. The number of carbonyl (C=O) groups excluding carboxylic acids is 1. The quantitative estimate of drug-likeness (QED) is 0.590. The average Bonchev–Trinajstić information content (AvgIpc) is 3.12. The minimum Gasteiger partial charge on any atom is -0.353 e. The van der Waals surface area contributed by atoms with E-state index in [1.165, 1.54) is 6.07 Å². The zero-order chi connectivity index (χ0) is 18.4. The first kappa shape index (κ1) is 15.7. The van der Waals surface area contributed by atoms with E-state index < -0.39 is 0 Å². The van der Waals surface area contributed by atoms with Crippen LogP contribution in [-0.2, 0) is 4.79 Å². The minimum absolute atomic E-state index is 0.0482. The van der Waals surface area contributed by atoms with Crippen molar-refractivity contribution < 1.29 is 9.18 Å². The van der Waals surface area contributed by atoms with Gasteiger partial charge in [-0.25, -0.2) is 9.37 Å². The van der Waals surface area contributed by atoms with Crippen molar-refractivity contribution in [3.05, 3.63) is 54.3 Å². The summed E-state index contributed by atoms with van der Waals surface area (Å²) in [6.07, 6.45) is 0. The molecule has 2 aromatic carbocycles. The first-order valence-electron chi connectivity index (χ1n) is 8.63. The molecule has 0 unspecified atom stereocenters. The van der Waals surface area contributed by atoms with Crippen LogP contribution in [0, 0.1) is 5.82 Å². The van der Waals surface area contributed by atoms with Crippen LogP contribution in [0.4, 0.5) is 10.2 Å². The Bertz CT molecular complexity index is 1190. The molecule has 5 rings (SSSR count). The fourth-order valence-corrected chi connectivity index (χ4v) is 3.44. The summed E-state index contributed by atoms with van der Waals surface area (Å²) in [5.41, 5.74) is 1.98. The lowest BCUT2D eigenvalue weighted by Crippen LogP contribution is -2.48. The highest BCUT2D eigenvalue weighted by atomic mass is 19.1. The molecule has 0 bridgehead atoms. The number of aromatic nitrogens is 4. The Hall–Kier alpha value is -3.55. The highest BCUT2D eigenvalue weighted by Crippen LogP contribution is 2.30. The number of halogens is 1. The van der Waals surface area contributed by atoms with E-state index in [0.29, 0.717) is 35.8 Å². The summed E-state index contributed by atoms with van der Waals surface area (Å²) in [4.78, 5) is 18.6. The van der Waals surface area contributed by atoms with Gasteiger partial charge in [0.1, 0.15) is 17.3 Å². The second-order valence-corrected chi connectivity index (χ2v) is 6.38. The van der Waals surface area contributed by atoms with Crippen molar-refractivity contribution in [1.82, 2.24) is 25.1 Å². The van der Waals surface area contributed by atoms with Crippen LogP contribution in [0.15, 0.2) is 48.5 Å². The normalized spacial score (nSPS) is 14.7. The number of piperazine rings is 1. The Morgan fingerprint density at radius 3 is 2.74 bits per heavy atom. The van der Waals surface area contributed by atoms with E-state index in [0.717, 1.165) is 10.9 Å². The number of rotatable bonds is 2. The molecule has 0 aliphatic carbocycles. The smallest absolute Gasteiger partial charge is 0.239 e. The van der Waals surface area contributed by atoms with Crippen molar-refractivity contribution in [2.45, 2.75) is 0 Å². The Morgan fingerprint density at radius 2 is 1.89 bits per heavy atom. The maximum absolute atomic E-state index is 14.3. The molecule has 7 nitrogen and oxygen atoms in total. The second kappa shape index (κ2) is 6.01. The second-order valence-electron chi connectivity index (χ2n) is 6.38. The number of hydrogen-bond acceptors (Lipinski definition) is 5. The van der Waals surface area contributed by atoms with Crippen molar-refractivity contribution in [2.75, 3.05) is 24.5 Å². The minimum atomic E-state index is -0.381. The fourth-order valence-electron chi connectivity index (χ4n) is 3.44. The molecule has 1 aliphatic heterocycles. The molecule has 1 saturated heterocycles. The third-order valence-electron chi connectivity index (χ3n) is 4.70. The van der Waals surface area contributed by atoms with Crippen LogP contribution in [0.25, 0.3) is 27.8 Å². The Balaban J connectivity index is 1.80. The zero-order valence-corrected chi connectivity index (χ0v) is 14.3. The van der Waals surface area contributed by atoms with Gasteiger partial charge >= 0.3 is 0 Å². The van der Waals surface area contributed by atoms with Gasteiger partial charge in [0.05, 0.1) is 12.1 Å². The topological polar surface area (TPSA) is 75.4 Å². The Labute approximate surface area is 153 Å². The average molecular weight is 362 g/mol. The maximum atomic E-state index is 14.3. The zero-order valence-electron chi connectivity index (χ0n) is 14.3. The number of carbonyl (C=O) groups is 1. The predicted molar refractivity (Wildman–Crippen MR) is 98.9 cm³/mol. The highest BCUT2D eigenvalue weighted by Gasteiger charge is 2.23. The summed E-state index contributed by atoms with van der Waals surface area (Å²) in [5.74, 6) is 0.245. The molecule has 134 valence electrons. The summed E-state index contributed by atoms with van der Waals surface area (Å²) in [5, 5.41) is 12.1. The molecule has 0 radical (unpaired) electrons. The van der Waals surface area contributed by atoms with Crippen LogP contribution < -0.4 is 10.2 Å². The fraction of sp³-hybridized carbons (Fsp3) is 0.158. The lowest BCUT2D eigenvalue weighted by molar-refractivity contribution is -0.120. The first-order chi connectivity index (χ1) is 13.2. The van der Waals surface area contributed by atoms with Gasteiger partial charge in [0.2, 0.25) is 5.91 Å². The van der Waals surface area contributed by atoms with Gasteiger partial charge in [-0.1, -0.05) is 29.5 Å². The third kappa shape index (κ3) is 2.49. The number of fused-ring (bicyclic) bond motifs is 3. The maximum Gasteiger partial charge on any atom is 0.239 e. The predicted octanol–water partition coefficient (Wildman–Crippen LogP) is 2.02. The van der Waals surface area contributed by atoms with E-state index in [1.807, 2.05) is 29.2 Å². The van der Waals surface area contributed by atoms with Crippen molar-refractivity contribution in [2.24, 2.45) is 0 Å². The number of nitrogens with one attached hydrogen (secondary N) is 1. The van der Waals surface area contributed by atoms with Crippen molar-refractivity contribution in [3.63, 3.8) is 0 Å². The molecule has 0 spiro atoms. The molecular formula is C19H15FN6O. The van der Waals surface area contributed by atoms with Crippen LogP contribution in [0.3, 0.4) is 0 Å². The van der Waals surface area contributed by atoms with Gasteiger partial charge in [-0.2, -0.15) is 4.52 Å². The molecule has 0 atom stereocenters. The van der Waals surface area contributed by atoms with Gasteiger partial charge in [0, 0.05) is 24.0 Å². The van der Waals surface area contributed by atoms with E-state index in [2.05, 4.69) is 15.6 Å². The number of nitrogens with zero attached hydrogens (tertiary/aromatic N) is 5. The van der Waals surface area contributed by atoms with Crippen LogP contribution in [0.2, 0.25) is 0 Å². The number of amides is 1. The molecule has 27 heavy (non-hydrogen) atoms. The van der Waals surface area contributed by atoms with E-state index >= 15 is 0 Å². The number of hydrogen-bond donors (Lipinski definition) is 1. The van der Waals surface area contributed by atoms with Crippen molar-refractivity contribution >= 4 is 28.3 Å². The Kier molecular flexibility index (Phi) is 3.49. The van der Waals surface area contributed by atoms with Crippen molar-refractivity contribution in [1.29, 1.82) is 0 Å². The lowest BCUT2D eigenvalue weighted by Gasteiger charge is -2.28. The number of benzene rings is 2. The van der Waals surface area contributed by atoms with Gasteiger partial charge in [0.25, 0.3) is 0 Å². The summed E-state index contributed by atoms with van der Waals surface area (Å²) in [6.45, 7) is 1.43. The van der Waals surface area contributed by atoms with Crippen LogP contribution in [0.1, 0.15) is 0 Å². The SMILES string of the molecule is O=C1CN(c2nc3c(-c4ccccc4F)nnn3c3ccccc23)CCN1. The summed E-state index contributed by atoms with van der Waals surface area (Å²) in [7, 11) is 0. The van der Waals surface area contributed by atoms with E-state index in [1.54, 1.807) is 22.7 Å². The molecule has 2 aromatic heterocycles.